The molecule has 18 heavy (non-hydrogen) atoms. The molecule has 1 saturated heterocycles. The summed E-state index contributed by atoms with van der Waals surface area (Å²) in [5.74, 6) is 0.671. The van der Waals surface area contributed by atoms with Crippen molar-refractivity contribution in [3.05, 3.63) is 24.0 Å². The first-order valence-corrected chi connectivity index (χ1v) is 6.37. The van der Waals surface area contributed by atoms with E-state index in [0.717, 1.165) is 13.1 Å². The molecular formula is C13H19N3O2. The molecule has 1 N–H and O–H groups in total. The maximum atomic E-state index is 12.1. The van der Waals surface area contributed by atoms with E-state index in [9.17, 15) is 4.79 Å². The Kier molecular flexibility index (Phi) is 4.15. The molecule has 98 valence electrons. The predicted octanol–water partition coefficient (Wildman–Crippen LogP) is 0.914. The van der Waals surface area contributed by atoms with E-state index in [1.54, 1.807) is 23.2 Å². The van der Waals surface area contributed by atoms with Crippen molar-refractivity contribution in [2.45, 2.75) is 20.0 Å². The maximum absolute atomic E-state index is 12.1. The standard InChI is InChI=1S/C13H19N3O2/c1-3-16(4-2)13(17)12-7-10(5-6-15-12)18-11-8-14-9-11/h5-7,11,14H,3-4,8-9H2,1-2H3. The maximum Gasteiger partial charge on any atom is 0.272 e. The summed E-state index contributed by atoms with van der Waals surface area (Å²) >= 11 is 0. The van der Waals surface area contributed by atoms with Crippen LogP contribution in [0.5, 0.6) is 5.75 Å². The van der Waals surface area contributed by atoms with Crippen molar-refractivity contribution in [2.75, 3.05) is 26.2 Å². The van der Waals surface area contributed by atoms with Crippen LogP contribution in [-0.2, 0) is 0 Å². The monoisotopic (exact) mass is 249 g/mol. The molecule has 0 aliphatic carbocycles. The molecule has 5 nitrogen and oxygen atoms in total. The minimum atomic E-state index is -0.0443. The summed E-state index contributed by atoms with van der Waals surface area (Å²) in [5, 5.41) is 3.14. The molecule has 1 fully saturated rings. The highest BCUT2D eigenvalue weighted by Crippen LogP contribution is 2.15. The van der Waals surface area contributed by atoms with E-state index >= 15 is 0 Å². The van der Waals surface area contributed by atoms with E-state index < -0.39 is 0 Å². The molecule has 0 spiro atoms. The second-order valence-electron chi connectivity index (χ2n) is 4.25. The molecule has 5 heteroatoms. The lowest BCUT2D eigenvalue weighted by molar-refractivity contribution is 0.0765. The molecule has 2 rings (SSSR count). The van der Waals surface area contributed by atoms with Crippen LogP contribution in [0.4, 0.5) is 0 Å². The summed E-state index contributed by atoms with van der Waals surface area (Å²) < 4.78 is 5.71. The van der Waals surface area contributed by atoms with Crippen molar-refractivity contribution in [2.24, 2.45) is 0 Å². The van der Waals surface area contributed by atoms with E-state index in [2.05, 4.69) is 10.3 Å². The molecule has 1 aromatic heterocycles. The van der Waals surface area contributed by atoms with Crippen molar-refractivity contribution in [3.8, 4) is 5.75 Å². The van der Waals surface area contributed by atoms with Gasteiger partial charge in [-0.1, -0.05) is 0 Å². The number of carbonyl (C=O) groups excluding carboxylic acids is 1. The first-order valence-electron chi connectivity index (χ1n) is 6.37. The van der Waals surface area contributed by atoms with Crippen molar-refractivity contribution in [1.29, 1.82) is 0 Å². The second-order valence-corrected chi connectivity index (χ2v) is 4.25. The molecule has 1 amide bonds. The zero-order valence-corrected chi connectivity index (χ0v) is 10.8. The van der Waals surface area contributed by atoms with Crippen molar-refractivity contribution in [1.82, 2.24) is 15.2 Å². The van der Waals surface area contributed by atoms with Crippen LogP contribution >= 0.6 is 0 Å². The average molecular weight is 249 g/mol. The number of nitrogens with zero attached hydrogens (tertiary/aromatic N) is 2. The zero-order chi connectivity index (χ0) is 13.0. The minimum absolute atomic E-state index is 0.0443. The highest BCUT2D eigenvalue weighted by Gasteiger charge is 2.19. The van der Waals surface area contributed by atoms with Gasteiger partial charge in [0.05, 0.1) is 0 Å². The van der Waals surface area contributed by atoms with Gasteiger partial charge in [0.2, 0.25) is 0 Å². The van der Waals surface area contributed by atoms with Crippen molar-refractivity contribution in [3.63, 3.8) is 0 Å². The number of ether oxygens (including phenoxy) is 1. The van der Waals surface area contributed by atoms with E-state index in [0.29, 0.717) is 24.5 Å². The van der Waals surface area contributed by atoms with E-state index in [-0.39, 0.29) is 12.0 Å². The molecule has 1 aromatic rings. The Hall–Kier alpha value is -1.62. The Labute approximate surface area is 107 Å². The van der Waals surface area contributed by atoms with Crippen LogP contribution in [0.3, 0.4) is 0 Å². The molecule has 1 aliphatic rings. The number of hydrogen-bond donors (Lipinski definition) is 1. The predicted molar refractivity (Wildman–Crippen MR) is 68.8 cm³/mol. The fourth-order valence-corrected chi connectivity index (χ4v) is 1.81. The molecule has 0 bridgehead atoms. The van der Waals surface area contributed by atoms with Crippen LogP contribution in [0.25, 0.3) is 0 Å². The third-order valence-electron chi connectivity index (χ3n) is 3.05. The normalized spacial score (nSPS) is 15.0. The SMILES string of the molecule is CCN(CC)C(=O)c1cc(OC2CNC2)ccn1. The quantitative estimate of drug-likeness (QED) is 0.843. The first-order chi connectivity index (χ1) is 8.74. The molecule has 0 radical (unpaired) electrons. The fraction of sp³-hybridized carbons (Fsp3) is 0.538. The van der Waals surface area contributed by atoms with Crippen LogP contribution in [-0.4, -0.2) is 48.1 Å². The van der Waals surface area contributed by atoms with Gasteiger partial charge in [-0.2, -0.15) is 0 Å². The van der Waals surface area contributed by atoms with E-state index in [4.69, 9.17) is 4.74 Å². The Morgan fingerprint density at radius 2 is 2.22 bits per heavy atom. The molecule has 0 unspecified atom stereocenters. The van der Waals surface area contributed by atoms with Crippen LogP contribution in [0.15, 0.2) is 18.3 Å². The Morgan fingerprint density at radius 1 is 1.50 bits per heavy atom. The fourth-order valence-electron chi connectivity index (χ4n) is 1.81. The van der Waals surface area contributed by atoms with Gasteiger partial charge in [0.15, 0.2) is 0 Å². The number of hydrogen-bond acceptors (Lipinski definition) is 4. The molecule has 0 saturated carbocycles. The topological polar surface area (TPSA) is 54.5 Å². The third-order valence-corrected chi connectivity index (χ3v) is 3.05. The highest BCUT2D eigenvalue weighted by molar-refractivity contribution is 5.92. The molecule has 1 aliphatic heterocycles. The minimum Gasteiger partial charge on any atom is -0.488 e. The summed E-state index contributed by atoms with van der Waals surface area (Å²) in [7, 11) is 0. The number of aromatic nitrogens is 1. The van der Waals surface area contributed by atoms with Gasteiger partial charge in [0.25, 0.3) is 5.91 Å². The van der Waals surface area contributed by atoms with Gasteiger partial charge in [-0.05, 0) is 19.9 Å². The Morgan fingerprint density at radius 3 is 2.78 bits per heavy atom. The molecular weight excluding hydrogens is 230 g/mol. The van der Waals surface area contributed by atoms with E-state index in [1.165, 1.54) is 0 Å². The average Bonchev–Trinajstić information content (AvgIpc) is 2.35. The van der Waals surface area contributed by atoms with Gasteiger partial charge in [0.1, 0.15) is 17.5 Å². The third kappa shape index (κ3) is 2.79. The van der Waals surface area contributed by atoms with Gasteiger partial charge in [-0.3, -0.25) is 9.78 Å². The van der Waals surface area contributed by atoms with Gasteiger partial charge in [0, 0.05) is 38.4 Å². The number of amides is 1. The lowest BCUT2D eigenvalue weighted by Gasteiger charge is -2.28. The highest BCUT2D eigenvalue weighted by atomic mass is 16.5. The molecule has 0 atom stereocenters. The lowest BCUT2D eigenvalue weighted by Crippen LogP contribution is -2.50. The Bertz CT molecular complexity index is 414. The zero-order valence-electron chi connectivity index (χ0n) is 10.8. The van der Waals surface area contributed by atoms with Gasteiger partial charge in [-0.25, -0.2) is 0 Å². The van der Waals surface area contributed by atoms with Gasteiger partial charge >= 0.3 is 0 Å². The number of rotatable bonds is 5. The van der Waals surface area contributed by atoms with Crippen LogP contribution in [0.2, 0.25) is 0 Å². The van der Waals surface area contributed by atoms with Gasteiger partial charge in [-0.15, -0.1) is 0 Å². The van der Waals surface area contributed by atoms with Gasteiger partial charge < -0.3 is 15.0 Å². The summed E-state index contributed by atoms with van der Waals surface area (Å²) in [6.07, 6.45) is 1.84. The number of pyridine rings is 1. The number of nitrogens with one attached hydrogen (secondary N) is 1. The smallest absolute Gasteiger partial charge is 0.272 e. The summed E-state index contributed by atoms with van der Waals surface area (Å²) in [6, 6.07) is 3.51. The summed E-state index contributed by atoms with van der Waals surface area (Å²) in [5.41, 5.74) is 0.448. The van der Waals surface area contributed by atoms with Crippen LogP contribution in [0, 0.1) is 0 Å². The van der Waals surface area contributed by atoms with Crippen molar-refractivity contribution < 1.29 is 9.53 Å². The van der Waals surface area contributed by atoms with Crippen LogP contribution in [0.1, 0.15) is 24.3 Å². The largest absolute Gasteiger partial charge is 0.488 e. The summed E-state index contributed by atoms with van der Waals surface area (Å²) in [6.45, 7) is 7.02. The second kappa shape index (κ2) is 5.82. The lowest BCUT2D eigenvalue weighted by atomic mass is 10.2. The Balaban J connectivity index is 2.07. The summed E-state index contributed by atoms with van der Waals surface area (Å²) in [4.78, 5) is 18.0. The first kappa shape index (κ1) is 12.8. The van der Waals surface area contributed by atoms with Crippen molar-refractivity contribution >= 4 is 5.91 Å². The molecule has 2 heterocycles. The molecule has 0 aromatic carbocycles. The van der Waals surface area contributed by atoms with E-state index in [1.807, 2.05) is 13.8 Å². The number of carbonyl (C=O) groups is 1. The van der Waals surface area contributed by atoms with Crippen LogP contribution < -0.4 is 10.1 Å².